The fourth-order valence-corrected chi connectivity index (χ4v) is 5.32. The van der Waals surface area contributed by atoms with E-state index in [-0.39, 0.29) is 11.9 Å². The summed E-state index contributed by atoms with van der Waals surface area (Å²) in [5, 5.41) is 8.97. The molecule has 7 heteroatoms. The highest BCUT2D eigenvalue weighted by molar-refractivity contribution is 6.04. The van der Waals surface area contributed by atoms with Crippen LogP contribution in [0.15, 0.2) is 66.7 Å². The Kier molecular flexibility index (Phi) is 7.59. The molecular weight excluding hydrogens is 464 g/mol. The van der Waals surface area contributed by atoms with Gasteiger partial charge in [-0.1, -0.05) is 55.7 Å². The predicted molar refractivity (Wildman–Crippen MR) is 148 cm³/mol. The summed E-state index contributed by atoms with van der Waals surface area (Å²) < 4.78 is 5.33. The van der Waals surface area contributed by atoms with Gasteiger partial charge in [0.1, 0.15) is 5.75 Å². The van der Waals surface area contributed by atoms with Crippen LogP contribution in [-0.4, -0.2) is 31.6 Å². The number of ether oxygens (including phenoxy) is 1. The number of anilines is 3. The maximum atomic E-state index is 13.6. The molecule has 0 atom stereocenters. The van der Waals surface area contributed by atoms with Gasteiger partial charge in [-0.25, -0.2) is 4.79 Å². The van der Waals surface area contributed by atoms with Crippen molar-refractivity contribution in [2.75, 3.05) is 29.2 Å². The van der Waals surface area contributed by atoms with E-state index >= 15 is 0 Å². The fourth-order valence-electron chi connectivity index (χ4n) is 5.32. The molecular formula is C30H34N4O3. The molecule has 3 N–H and O–H groups in total. The molecule has 1 saturated carbocycles. The number of methoxy groups -OCH3 is 1. The van der Waals surface area contributed by atoms with Gasteiger partial charge in [-0.15, -0.1) is 0 Å². The van der Waals surface area contributed by atoms with Crippen LogP contribution in [0.25, 0.3) is 0 Å². The first-order valence-electron chi connectivity index (χ1n) is 13.1. The summed E-state index contributed by atoms with van der Waals surface area (Å²) in [5.74, 6) is 0.487. The van der Waals surface area contributed by atoms with Crippen LogP contribution in [0.5, 0.6) is 5.75 Å². The molecule has 1 aliphatic heterocycles. The van der Waals surface area contributed by atoms with Crippen LogP contribution in [0.2, 0.25) is 0 Å². The number of para-hydroxylation sites is 2. The molecule has 3 aromatic rings. The molecule has 2 aliphatic rings. The van der Waals surface area contributed by atoms with Crippen molar-refractivity contribution in [3.8, 4) is 5.75 Å². The van der Waals surface area contributed by atoms with Crippen LogP contribution in [-0.2, 0) is 13.0 Å². The number of rotatable bonds is 6. The lowest BCUT2D eigenvalue weighted by molar-refractivity contribution is 0.0928. The van der Waals surface area contributed by atoms with Crippen molar-refractivity contribution in [3.63, 3.8) is 0 Å². The number of nitrogens with zero attached hydrogens (tertiary/aromatic N) is 1. The number of nitrogens with one attached hydrogen (secondary N) is 3. The Morgan fingerprint density at radius 2 is 1.65 bits per heavy atom. The third kappa shape index (κ3) is 5.88. The lowest BCUT2D eigenvalue weighted by Crippen LogP contribution is -2.38. The Bertz CT molecular complexity index is 1270. The van der Waals surface area contributed by atoms with Gasteiger partial charge in [0.15, 0.2) is 0 Å². The molecule has 7 nitrogen and oxygen atoms in total. The first-order chi connectivity index (χ1) is 18.1. The van der Waals surface area contributed by atoms with E-state index in [4.69, 9.17) is 4.74 Å². The number of urea groups is 1. The van der Waals surface area contributed by atoms with Crippen molar-refractivity contribution >= 4 is 29.0 Å². The molecule has 37 heavy (non-hydrogen) atoms. The quantitative estimate of drug-likeness (QED) is 0.391. The van der Waals surface area contributed by atoms with Crippen LogP contribution in [0.4, 0.5) is 21.9 Å². The van der Waals surface area contributed by atoms with Crippen molar-refractivity contribution in [2.45, 2.75) is 51.1 Å². The Morgan fingerprint density at radius 1 is 0.892 bits per heavy atom. The summed E-state index contributed by atoms with van der Waals surface area (Å²) in [6.45, 7) is 1.59. The molecule has 0 bridgehead atoms. The van der Waals surface area contributed by atoms with Gasteiger partial charge in [-0.2, -0.15) is 0 Å². The minimum atomic E-state index is -0.400. The largest absolute Gasteiger partial charge is 0.495 e. The van der Waals surface area contributed by atoms with E-state index in [0.29, 0.717) is 22.7 Å². The number of benzene rings is 3. The van der Waals surface area contributed by atoms with Crippen molar-refractivity contribution in [1.82, 2.24) is 5.32 Å². The van der Waals surface area contributed by atoms with Gasteiger partial charge in [-0.05, 0) is 60.7 Å². The van der Waals surface area contributed by atoms with Gasteiger partial charge in [0, 0.05) is 30.5 Å². The van der Waals surface area contributed by atoms with Crippen molar-refractivity contribution in [2.24, 2.45) is 0 Å². The fraction of sp³-hybridized carbons (Fsp3) is 0.333. The van der Waals surface area contributed by atoms with Gasteiger partial charge in [0.05, 0.1) is 18.4 Å². The lowest BCUT2D eigenvalue weighted by atomic mass is 9.95. The average Bonchev–Trinajstić information content (AvgIpc) is 2.93. The minimum Gasteiger partial charge on any atom is -0.495 e. The minimum absolute atomic E-state index is 0.0884. The molecule has 192 valence electrons. The monoisotopic (exact) mass is 498 g/mol. The summed E-state index contributed by atoms with van der Waals surface area (Å²) >= 11 is 0. The second kappa shape index (κ2) is 11.4. The molecule has 0 aromatic heterocycles. The second-order valence-corrected chi connectivity index (χ2v) is 9.76. The predicted octanol–water partition coefficient (Wildman–Crippen LogP) is 5.96. The topological polar surface area (TPSA) is 82.7 Å². The van der Waals surface area contributed by atoms with E-state index in [0.717, 1.165) is 50.9 Å². The van der Waals surface area contributed by atoms with Crippen LogP contribution >= 0.6 is 0 Å². The first-order valence-corrected chi connectivity index (χ1v) is 13.1. The van der Waals surface area contributed by atoms with Gasteiger partial charge in [0.25, 0.3) is 5.91 Å². The number of hydrogen-bond acceptors (Lipinski definition) is 4. The molecule has 0 saturated heterocycles. The normalized spacial score (nSPS) is 15.4. The zero-order valence-electron chi connectivity index (χ0n) is 21.3. The smallest absolute Gasteiger partial charge is 0.323 e. The molecule has 5 rings (SSSR count). The highest BCUT2D eigenvalue weighted by Gasteiger charge is 2.24. The molecule has 3 aromatic carbocycles. The van der Waals surface area contributed by atoms with Crippen molar-refractivity contribution in [1.29, 1.82) is 0 Å². The SMILES string of the molecule is COc1ccccc1NC(=O)Nc1ccc(N2CCc3ccccc3C2)c(C(=O)NC2CCCCC2)c1. The van der Waals surface area contributed by atoms with E-state index in [1.807, 2.05) is 24.3 Å². The number of hydrogen-bond donors (Lipinski definition) is 3. The summed E-state index contributed by atoms with van der Waals surface area (Å²) in [5.41, 5.74) is 5.24. The zero-order valence-corrected chi connectivity index (χ0v) is 21.3. The standard InChI is InChI=1S/C30H34N4O3/c1-37-28-14-8-7-13-26(28)33-30(36)32-24-15-16-27(34-18-17-21-9-5-6-10-22(21)20-34)25(19-24)29(35)31-23-11-3-2-4-12-23/h5-10,13-16,19,23H,2-4,11-12,17-18,20H2,1H3,(H,31,35)(H2,32,33,36). The second-order valence-electron chi connectivity index (χ2n) is 9.76. The maximum Gasteiger partial charge on any atom is 0.323 e. The molecule has 0 radical (unpaired) electrons. The Labute approximate surface area is 218 Å². The summed E-state index contributed by atoms with van der Waals surface area (Å²) in [7, 11) is 1.56. The van der Waals surface area contributed by atoms with Gasteiger partial charge < -0.3 is 25.6 Å². The van der Waals surface area contributed by atoms with Crippen LogP contribution < -0.4 is 25.6 Å². The van der Waals surface area contributed by atoms with E-state index < -0.39 is 6.03 Å². The Morgan fingerprint density at radius 3 is 2.46 bits per heavy atom. The van der Waals surface area contributed by atoms with E-state index in [1.165, 1.54) is 17.5 Å². The van der Waals surface area contributed by atoms with E-state index in [2.05, 4.69) is 45.1 Å². The number of fused-ring (bicyclic) bond motifs is 1. The molecule has 1 heterocycles. The summed E-state index contributed by atoms with van der Waals surface area (Å²) in [4.78, 5) is 28.6. The highest BCUT2D eigenvalue weighted by Crippen LogP contribution is 2.31. The highest BCUT2D eigenvalue weighted by atomic mass is 16.5. The summed E-state index contributed by atoms with van der Waals surface area (Å²) in [6.07, 6.45) is 6.47. The number of carbonyl (C=O) groups is 2. The zero-order chi connectivity index (χ0) is 25.6. The third-order valence-corrected chi connectivity index (χ3v) is 7.27. The van der Waals surface area contributed by atoms with Gasteiger partial charge in [-0.3, -0.25) is 4.79 Å². The molecule has 0 spiro atoms. The maximum absolute atomic E-state index is 13.6. The number of amides is 3. The Balaban J connectivity index is 1.38. The molecule has 1 fully saturated rings. The van der Waals surface area contributed by atoms with Crippen LogP contribution in [0.1, 0.15) is 53.6 Å². The molecule has 3 amide bonds. The number of carbonyl (C=O) groups excluding carboxylic acids is 2. The van der Waals surface area contributed by atoms with Crippen LogP contribution in [0, 0.1) is 0 Å². The van der Waals surface area contributed by atoms with Crippen LogP contribution in [0.3, 0.4) is 0 Å². The molecule has 0 unspecified atom stereocenters. The average molecular weight is 499 g/mol. The first kappa shape index (κ1) is 24.7. The van der Waals surface area contributed by atoms with Crippen molar-refractivity contribution in [3.05, 3.63) is 83.4 Å². The van der Waals surface area contributed by atoms with Crippen molar-refractivity contribution < 1.29 is 14.3 Å². The van der Waals surface area contributed by atoms with E-state index in [1.54, 1.807) is 25.3 Å². The lowest BCUT2D eigenvalue weighted by Gasteiger charge is -2.32. The Hall–Kier alpha value is -4.00. The van der Waals surface area contributed by atoms with Gasteiger partial charge in [0.2, 0.25) is 0 Å². The third-order valence-electron chi connectivity index (χ3n) is 7.27. The molecule has 1 aliphatic carbocycles. The van der Waals surface area contributed by atoms with E-state index in [9.17, 15) is 9.59 Å². The van der Waals surface area contributed by atoms with Gasteiger partial charge >= 0.3 is 6.03 Å². The summed E-state index contributed by atoms with van der Waals surface area (Å²) in [6, 6.07) is 21.1.